The van der Waals surface area contributed by atoms with E-state index in [1.54, 1.807) is 19.1 Å². The Morgan fingerprint density at radius 1 is 1.39 bits per heavy atom. The van der Waals surface area contributed by atoms with Crippen LogP contribution in [0.2, 0.25) is 0 Å². The molecule has 0 fully saturated rings. The second-order valence-corrected chi connectivity index (χ2v) is 5.07. The quantitative estimate of drug-likeness (QED) is 0.885. The minimum Gasteiger partial charge on any atom is -0.467 e. The largest absolute Gasteiger partial charge is 0.467 e. The van der Waals surface area contributed by atoms with Crippen molar-refractivity contribution in [3.8, 4) is 0 Å². The fraction of sp³-hybridized carbons (Fsp3) is 0.333. The molecule has 2 aromatic rings. The van der Waals surface area contributed by atoms with Crippen LogP contribution in [0.5, 0.6) is 0 Å². The molecule has 8 heteroatoms. The van der Waals surface area contributed by atoms with Crippen molar-refractivity contribution < 1.29 is 27.5 Å². The standard InChI is InChI=1S/C15H15F3N2O3/c1-9(7-11(21)12-3-2-6-23-12)20-14(22)10-4-5-13(19-8-10)15(16,17)18/h2-6,8-9,11,21H,7H2,1H3,(H,20,22)/t9-,11-/m0/s1. The number of nitrogens with one attached hydrogen (secondary N) is 1. The van der Waals surface area contributed by atoms with Crippen molar-refractivity contribution >= 4 is 5.91 Å². The SMILES string of the molecule is C[C@@H](C[C@H](O)c1ccco1)NC(=O)c1ccc(C(F)(F)F)nc1. The van der Waals surface area contributed by atoms with Gasteiger partial charge >= 0.3 is 6.18 Å². The van der Waals surface area contributed by atoms with Crippen molar-refractivity contribution in [1.29, 1.82) is 0 Å². The Hall–Kier alpha value is -2.35. The molecule has 2 N–H and O–H groups in total. The van der Waals surface area contributed by atoms with E-state index in [9.17, 15) is 23.1 Å². The van der Waals surface area contributed by atoms with Gasteiger partial charge < -0.3 is 14.8 Å². The van der Waals surface area contributed by atoms with Crippen molar-refractivity contribution in [2.24, 2.45) is 0 Å². The summed E-state index contributed by atoms with van der Waals surface area (Å²) in [5.74, 6) is -0.187. The highest BCUT2D eigenvalue weighted by Crippen LogP contribution is 2.27. The van der Waals surface area contributed by atoms with E-state index in [1.807, 2.05) is 0 Å². The van der Waals surface area contributed by atoms with Gasteiger partial charge in [0.2, 0.25) is 0 Å². The number of aliphatic hydroxyl groups excluding tert-OH is 1. The summed E-state index contributed by atoms with van der Waals surface area (Å²) in [6.07, 6.45) is -2.93. The topological polar surface area (TPSA) is 75.4 Å². The summed E-state index contributed by atoms with van der Waals surface area (Å²) in [6.45, 7) is 1.67. The summed E-state index contributed by atoms with van der Waals surface area (Å²) in [5.41, 5.74) is -1.05. The number of halogens is 3. The summed E-state index contributed by atoms with van der Waals surface area (Å²) in [7, 11) is 0. The number of amides is 1. The van der Waals surface area contributed by atoms with Crippen LogP contribution in [-0.2, 0) is 6.18 Å². The summed E-state index contributed by atoms with van der Waals surface area (Å²) in [6, 6.07) is 4.64. The van der Waals surface area contributed by atoms with Gasteiger partial charge in [-0.05, 0) is 31.2 Å². The van der Waals surface area contributed by atoms with Crippen LogP contribution >= 0.6 is 0 Å². The second kappa shape index (κ2) is 6.82. The molecule has 0 aliphatic carbocycles. The van der Waals surface area contributed by atoms with Crippen LogP contribution < -0.4 is 5.32 Å². The molecule has 0 radical (unpaired) electrons. The summed E-state index contributed by atoms with van der Waals surface area (Å²) in [5, 5.41) is 12.5. The average Bonchev–Trinajstić information content (AvgIpc) is 3.00. The molecular formula is C15H15F3N2O3. The van der Waals surface area contributed by atoms with Crippen LogP contribution in [0, 0.1) is 0 Å². The highest BCUT2D eigenvalue weighted by Gasteiger charge is 2.32. The Morgan fingerprint density at radius 3 is 2.65 bits per heavy atom. The monoisotopic (exact) mass is 328 g/mol. The molecule has 0 aliphatic heterocycles. The predicted octanol–water partition coefficient (Wildman–Crippen LogP) is 2.94. The molecule has 0 saturated carbocycles. The predicted molar refractivity (Wildman–Crippen MR) is 74.5 cm³/mol. The lowest BCUT2D eigenvalue weighted by molar-refractivity contribution is -0.141. The number of hydrogen-bond acceptors (Lipinski definition) is 4. The fourth-order valence-corrected chi connectivity index (χ4v) is 1.99. The van der Waals surface area contributed by atoms with Gasteiger partial charge in [-0.1, -0.05) is 0 Å². The molecule has 23 heavy (non-hydrogen) atoms. The minimum absolute atomic E-state index is 0.0114. The van der Waals surface area contributed by atoms with Crippen LogP contribution in [0.25, 0.3) is 0 Å². The van der Waals surface area contributed by atoms with E-state index in [0.717, 1.165) is 18.3 Å². The highest BCUT2D eigenvalue weighted by molar-refractivity contribution is 5.94. The zero-order valence-corrected chi connectivity index (χ0v) is 12.2. The molecule has 5 nitrogen and oxygen atoms in total. The number of carbonyl (C=O) groups is 1. The first-order valence-corrected chi connectivity index (χ1v) is 6.83. The zero-order chi connectivity index (χ0) is 17.0. The van der Waals surface area contributed by atoms with Gasteiger partial charge in [0.15, 0.2) is 0 Å². The first kappa shape index (κ1) is 17.0. The van der Waals surface area contributed by atoms with E-state index in [2.05, 4.69) is 10.3 Å². The van der Waals surface area contributed by atoms with Gasteiger partial charge in [-0.3, -0.25) is 9.78 Å². The third-order valence-electron chi connectivity index (χ3n) is 3.14. The lowest BCUT2D eigenvalue weighted by Gasteiger charge is -2.16. The van der Waals surface area contributed by atoms with Crippen LogP contribution in [-0.4, -0.2) is 22.0 Å². The van der Waals surface area contributed by atoms with Crippen molar-refractivity contribution in [2.75, 3.05) is 0 Å². The lowest BCUT2D eigenvalue weighted by Crippen LogP contribution is -2.33. The number of rotatable bonds is 5. The second-order valence-electron chi connectivity index (χ2n) is 5.07. The molecule has 0 aromatic carbocycles. The third kappa shape index (κ3) is 4.56. The summed E-state index contributed by atoms with van der Waals surface area (Å²) < 4.78 is 42.3. The smallest absolute Gasteiger partial charge is 0.433 e. The number of aliphatic hydroxyl groups is 1. The van der Waals surface area contributed by atoms with Crippen molar-refractivity contribution in [3.63, 3.8) is 0 Å². The third-order valence-corrected chi connectivity index (χ3v) is 3.14. The fourth-order valence-electron chi connectivity index (χ4n) is 1.99. The van der Waals surface area contributed by atoms with Gasteiger partial charge in [0, 0.05) is 18.7 Å². The Labute approximate surface area is 130 Å². The first-order valence-electron chi connectivity index (χ1n) is 6.83. The molecule has 0 unspecified atom stereocenters. The number of pyridine rings is 1. The van der Waals surface area contributed by atoms with Gasteiger partial charge in [-0.25, -0.2) is 0 Å². The Bertz CT molecular complexity index is 639. The van der Waals surface area contributed by atoms with Crippen molar-refractivity contribution in [2.45, 2.75) is 31.7 Å². The highest BCUT2D eigenvalue weighted by atomic mass is 19.4. The Balaban J connectivity index is 1.93. The van der Waals surface area contributed by atoms with Crippen molar-refractivity contribution in [3.05, 3.63) is 53.7 Å². The van der Waals surface area contributed by atoms with Crippen molar-refractivity contribution in [1.82, 2.24) is 10.3 Å². The van der Waals surface area contributed by atoms with Crippen LogP contribution in [0.4, 0.5) is 13.2 Å². The van der Waals surface area contributed by atoms with E-state index < -0.39 is 29.9 Å². The van der Waals surface area contributed by atoms with Gasteiger partial charge in [-0.2, -0.15) is 13.2 Å². The Morgan fingerprint density at radius 2 is 2.13 bits per heavy atom. The molecular weight excluding hydrogens is 313 g/mol. The average molecular weight is 328 g/mol. The molecule has 2 heterocycles. The van der Waals surface area contributed by atoms with E-state index in [0.29, 0.717) is 5.76 Å². The molecule has 124 valence electrons. The molecule has 2 rings (SSSR count). The van der Waals surface area contributed by atoms with Gasteiger partial charge in [-0.15, -0.1) is 0 Å². The molecule has 2 atom stereocenters. The first-order chi connectivity index (χ1) is 10.8. The minimum atomic E-state index is -4.55. The van der Waals surface area contributed by atoms with Gasteiger partial charge in [0.25, 0.3) is 5.91 Å². The summed E-state index contributed by atoms with van der Waals surface area (Å²) >= 11 is 0. The number of carbonyl (C=O) groups excluding carboxylic acids is 1. The molecule has 0 saturated heterocycles. The van der Waals surface area contributed by atoms with E-state index >= 15 is 0 Å². The van der Waals surface area contributed by atoms with Crippen LogP contribution in [0.1, 0.15) is 41.3 Å². The van der Waals surface area contributed by atoms with Gasteiger partial charge in [0.05, 0.1) is 11.8 Å². The lowest BCUT2D eigenvalue weighted by atomic mass is 10.1. The summed E-state index contributed by atoms with van der Waals surface area (Å²) in [4.78, 5) is 15.2. The normalized spacial score (nSPS) is 14.3. The van der Waals surface area contributed by atoms with E-state index in [4.69, 9.17) is 4.42 Å². The Kier molecular flexibility index (Phi) is 5.05. The number of furan rings is 1. The number of aromatic nitrogens is 1. The number of alkyl halides is 3. The van der Waals surface area contributed by atoms with E-state index in [1.165, 1.54) is 6.26 Å². The maximum atomic E-state index is 12.4. The van der Waals surface area contributed by atoms with E-state index in [-0.39, 0.29) is 12.0 Å². The number of nitrogens with zero attached hydrogens (tertiary/aromatic N) is 1. The molecule has 0 spiro atoms. The molecule has 1 amide bonds. The van der Waals surface area contributed by atoms with Gasteiger partial charge in [0.1, 0.15) is 17.6 Å². The molecule has 0 bridgehead atoms. The maximum absolute atomic E-state index is 12.4. The van der Waals surface area contributed by atoms with Crippen LogP contribution in [0.3, 0.4) is 0 Å². The zero-order valence-electron chi connectivity index (χ0n) is 12.2. The maximum Gasteiger partial charge on any atom is 0.433 e. The van der Waals surface area contributed by atoms with Crippen LogP contribution in [0.15, 0.2) is 41.1 Å². The molecule has 0 aliphatic rings. The number of hydrogen-bond donors (Lipinski definition) is 2. The molecule has 2 aromatic heterocycles.